The van der Waals surface area contributed by atoms with Crippen LogP contribution in [0.25, 0.3) is 0 Å². The van der Waals surface area contributed by atoms with Crippen LogP contribution in [0, 0.1) is 0 Å². The highest BCUT2D eigenvalue weighted by atomic mass is 127. The molecule has 1 aromatic carbocycles. The Bertz CT molecular complexity index is 688. The number of aliphatic imine (C=N–C) groups is 1. The number of amides is 1. The summed E-state index contributed by atoms with van der Waals surface area (Å²) in [6, 6.07) is 4.50. The van der Waals surface area contributed by atoms with Crippen molar-refractivity contribution in [2.24, 2.45) is 4.99 Å². The van der Waals surface area contributed by atoms with E-state index in [1.54, 1.807) is 20.0 Å². The van der Waals surface area contributed by atoms with Crippen molar-refractivity contribution in [3.63, 3.8) is 0 Å². The molecule has 1 fully saturated rings. The fourth-order valence-corrected chi connectivity index (χ4v) is 3.11. The fraction of sp³-hybridized carbons (Fsp3) is 0.556. The molecule has 0 saturated carbocycles. The lowest BCUT2D eigenvalue weighted by atomic mass is 10.2. The van der Waals surface area contributed by atoms with Crippen LogP contribution in [-0.4, -0.2) is 74.6 Å². The van der Waals surface area contributed by atoms with E-state index in [0.29, 0.717) is 23.1 Å². The summed E-state index contributed by atoms with van der Waals surface area (Å²) < 4.78 is 29.6. The number of hydrogen-bond acceptors (Lipinski definition) is 4. The maximum Gasteiger partial charge on any atom is 0.387 e. The van der Waals surface area contributed by atoms with E-state index < -0.39 is 6.61 Å². The summed E-state index contributed by atoms with van der Waals surface area (Å²) in [7, 11) is 1.63. The number of halogens is 4. The van der Waals surface area contributed by atoms with Crippen LogP contribution in [0.1, 0.15) is 12.5 Å². The second-order valence-electron chi connectivity index (χ2n) is 6.33. The van der Waals surface area contributed by atoms with Crippen molar-refractivity contribution in [3.05, 3.63) is 28.8 Å². The number of benzene rings is 1. The first-order valence-electron chi connectivity index (χ1n) is 9.04. The molecule has 2 rings (SSSR count). The van der Waals surface area contributed by atoms with Crippen LogP contribution in [0.15, 0.2) is 23.2 Å². The Morgan fingerprint density at radius 1 is 1.28 bits per heavy atom. The summed E-state index contributed by atoms with van der Waals surface area (Å²) in [5.74, 6) is 0.731. The average molecular weight is 546 g/mol. The van der Waals surface area contributed by atoms with Crippen molar-refractivity contribution in [1.82, 2.24) is 20.4 Å². The summed E-state index contributed by atoms with van der Waals surface area (Å²) >= 11 is 5.96. The fourth-order valence-electron chi connectivity index (χ4n) is 2.92. The lowest BCUT2D eigenvalue weighted by Gasteiger charge is -2.34. The Morgan fingerprint density at radius 3 is 2.55 bits per heavy atom. The molecule has 1 saturated heterocycles. The van der Waals surface area contributed by atoms with Crippen LogP contribution >= 0.6 is 35.6 Å². The lowest BCUT2D eigenvalue weighted by Crippen LogP contribution is -2.50. The Kier molecular flexibility index (Phi) is 11.5. The second kappa shape index (κ2) is 13.0. The van der Waals surface area contributed by atoms with E-state index in [0.717, 1.165) is 32.7 Å². The van der Waals surface area contributed by atoms with Crippen molar-refractivity contribution in [3.8, 4) is 5.75 Å². The van der Waals surface area contributed by atoms with Gasteiger partial charge in [0.05, 0.1) is 0 Å². The second-order valence-corrected chi connectivity index (χ2v) is 6.77. The number of rotatable bonds is 7. The van der Waals surface area contributed by atoms with Gasteiger partial charge in [0, 0.05) is 70.4 Å². The molecule has 29 heavy (non-hydrogen) atoms. The van der Waals surface area contributed by atoms with E-state index in [9.17, 15) is 13.6 Å². The highest BCUT2D eigenvalue weighted by molar-refractivity contribution is 14.0. The van der Waals surface area contributed by atoms with E-state index in [1.165, 1.54) is 12.1 Å². The molecule has 0 radical (unpaired) electrons. The third-order valence-electron chi connectivity index (χ3n) is 4.45. The Balaban J connectivity index is 0.00000420. The molecule has 11 heteroatoms. The first kappa shape index (κ1) is 25.6. The maximum atomic E-state index is 12.5. The van der Waals surface area contributed by atoms with E-state index >= 15 is 0 Å². The normalized spacial score (nSPS) is 15.1. The maximum absolute atomic E-state index is 12.5. The Hall–Kier alpha value is -1.40. The number of carbonyl (C=O) groups excluding carboxylic acids is 1. The molecule has 2 N–H and O–H groups in total. The predicted octanol–water partition coefficient (Wildman–Crippen LogP) is 2.39. The summed E-state index contributed by atoms with van der Waals surface area (Å²) in [6.45, 7) is 3.55. The average Bonchev–Trinajstić information content (AvgIpc) is 2.66. The minimum atomic E-state index is -2.90. The third-order valence-corrected chi connectivity index (χ3v) is 4.68. The molecule has 164 valence electrons. The highest BCUT2D eigenvalue weighted by Gasteiger charge is 2.18. The van der Waals surface area contributed by atoms with Gasteiger partial charge in [0.2, 0.25) is 5.91 Å². The lowest BCUT2D eigenvalue weighted by molar-refractivity contribution is -0.130. The first-order valence-corrected chi connectivity index (χ1v) is 9.42. The van der Waals surface area contributed by atoms with Crippen LogP contribution in [0.3, 0.4) is 0 Å². The van der Waals surface area contributed by atoms with Crippen LogP contribution in [0.2, 0.25) is 5.02 Å². The zero-order valence-corrected chi connectivity index (χ0v) is 19.5. The van der Waals surface area contributed by atoms with Gasteiger partial charge in [0.25, 0.3) is 0 Å². The molecule has 1 aliphatic heterocycles. The van der Waals surface area contributed by atoms with E-state index in [2.05, 4.69) is 25.3 Å². The van der Waals surface area contributed by atoms with Crippen LogP contribution in [0.5, 0.6) is 5.75 Å². The minimum absolute atomic E-state index is 0. The summed E-state index contributed by atoms with van der Waals surface area (Å²) in [6.07, 6.45) is 0. The van der Waals surface area contributed by atoms with Crippen LogP contribution in [0.4, 0.5) is 8.78 Å². The van der Waals surface area contributed by atoms with Crippen LogP contribution < -0.4 is 15.4 Å². The molecule has 0 bridgehead atoms. The van der Waals surface area contributed by atoms with Crippen molar-refractivity contribution < 1.29 is 18.3 Å². The number of carbonyl (C=O) groups is 1. The number of ether oxygens (including phenoxy) is 1. The summed E-state index contributed by atoms with van der Waals surface area (Å²) in [5.41, 5.74) is 0.510. The minimum Gasteiger partial charge on any atom is -0.434 e. The van der Waals surface area contributed by atoms with E-state index in [1.807, 2.05) is 4.90 Å². The molecular formula is C18H27ClF2IN5O2. The van der Waals surface area contributed by atoms with Gasteiger partial charge < -0.3 is 20.3 Å². The van der Waals surface area contributed by atoms with Gasteiger partial charge in [0.15, 0.2) is 5.96 Å². The largest absolute Gasteiger partial charge is 0.434 e. The molecule has 0 spiro atoms. The molecule has 0 aromatic heterocycles. The Morgan fingerprint density at radius 2 is 1.97 bits per heavy atom. The zero-order valence-electron chi connectivity index (χ0n) is 16.5. The van der Waals surface area contributed by atoms with Gasteiger partial charge in [-0.05, 0) is 18.2 Å². The Labute approximate surface area is 191 Å². The molecule has 1 heterocycles. The smallest absolute Gasteiger partial charge is 0.387 e. The molecule has 0 unspecified atom stereocenters. The first-order chi connectivity index (χ1) is 13.4. The standard InChI is InChI=1S/C18H26ClF2N5O2.HI/c1-13(27)26-9-7-25(8-10-26)6-5-23-18(22-2)24-12-14-11-15(19)3-4-16(14)28-17(20)21;/h3-4,11,17H,5-10,12H2,1-2H3,(H2,22,23,24);1H. The van der Waals surface area contributed by atoms with Gasteiger partial charge in [-0.15, -0.1) is 24.0 Å². The van der Waals surface area contributed by atoms with Crippen molar-refractivity contribution in [2.75, 3.05) is 46.3 Å². The topological polar surface area (TPSA) is 69.2 Å². The number of nitrogens with one attached hydrogen (secondary N) is 2. The molecule has 1 aromatic rings. The van der Waals surface area contributed by atoms with Gasteiger partial charge in [-0.2, -0.15) is 8.78 Å². The van der Waals surface area contributed by atoms with Gasteiger partial charge >= 0.3 is 6.61 Å². The number of alkyl halides is 2. The monoisotopic (exact) mass is 545 g/mol. The number of piperazine rings is 1. The van der Waals surface area contributed by atoms with Gasteiger partial charge in [-0.3, -0.25) is 14.7 Å². The van der Waals surface area contributed by atoms with Crippen molar-refractivity contribution in [2.45, 2.75) is 20.1 Å². The van der Waals surface area contributed by atoms with E-state index in [-0.39, 0.29) is 42.2 Å². The van der Waals surface area contributed by atoms with Crippen molar-refractivity contribution in [1.29, 1.82) is 0 Å². The SMILES string of the molecule is CN=C(NCCN1CCN(C(C)=O)CC1)NCc1cc(Cl)ccc1OC(F)F.I. The number of nitrogens with zero attached hydrogens (tertiary/aromatic N) is 3. The van der Waals surface area contributed by atoms with E-state index in [4.69, 9.17) is 11.6 Å². The summed E-state index contributed by atoms with van der Waals surface area (Å²) in [5, 5.41) is 6.70. The third kappa shape index (κ3) is 8.87. The number of hydrogen-bond donors (Lipinski definition) is 2. The van der Waals surface area contributed by atoms with Gasteiger partial charge in [0.1, 0.15) is 5.75 Å². The highest BCUT2D eigenvalue weighted by Crippen LogP contribution is 2.24. The summed E-state index contributed by atoms with van der Waals surface area (Å²) in [4.78, 5) is 19.6. The number of guanidine groups is 1. The van der Waals surface area contributed by atoms with Gasteiger partial charge in [-0.1, -0.05) is 11.6 Å². The molecule has 7 nitrogen and oxygen atoms in total. The molecule has 0 atom stereocenters. The predicted molar refractivity (Wildman–Crippen MR) is 120 cm³/mol. The quantitative estimate of drug-likeness (QED) is 0.313. The molecule has 1 aliphatic rings. The molecule has 1 amide bonds. The molecule has 0 aliphatic carbocycles. The van der Waals surface area contributed by atoms with Crippen LogP contribution in [-0.2, 0) is 11.3 Å². The molecular weight excluding hydrogens is 519 g/mol. The zero-order chi connectivity index (χ0) is 20.5. The van der Waals surface area contributed by atoms with Crippen molar-refractivity contribution >= 4 is 47.4 Å². The van der Waals surface area contributed by atoms with Gasteiger partial charge in [-0.25, -0.2) is 0 Å².